The molecule has 1 aliphatic carbocycles. The van der Waals surface area contributed by atoms with Crippen LogP contribution in [0.1, 0.15) is 23.1 Å². The summed E-state index contributed by atoms with van der Waals surface area (Å²) in [5, 5.41) is 8.71. The molecule has 0 radical (unpaired) electrons. The maximum atomic E-state index is 12.2. The van der Waals surface area contributed by atoms with Gasteiger partial charge >= 0.3 is 6.03 Å². The van der Waals surface area contributed by atoms with Gasteiger partial charge in [0.2, 0.25) is 5.91 Å². The van der Waals surface area contributed by atoms with Gasteiger partial charge in [0.1, 0.15) is 0 Å². The third-order valence-corrected chi connectivity index (χ3v) is 5.15. The van der Waals surface area contributed by atoms with E-state index in [2.05, 4.69) is 22.5 Å². The first-order valence-electron chi connectivity index (χ1n) is 8.78. The fraction of sp³-hybridized carbons (Fsp3) is 0.238. The topological polar surface area (TPSA) is 70.2 Å². The quantitative estimate of drug-likeness (QED) is 0.796. The Labute approximate surface area is 152 Å². The minimum Gasteiger partial charge on any atom is -0.326 e. The molecule has 0 saturated carbocycles. The number of hydrogen-bond acceptors (Lipinski definition) is 2. The summed E-state index contributed by atoms with van der Waals surface area (Å²) in [6.45, 7) is 3.98. The lowest BCUT2D eigenvalue weighted by Crippen LogP contribution is -2.42. The van der Waals surface area contributed by atoms with Crippen molar-refractivity contribution in [3.63, 3.8) is 0 Å². The molecule has 4 rings (SSSR count). The minimum absolute atomic E-state index is 0.00163. The highest BCUT2D eigenvalue weighted by atomic mass is 16.2. The number of rotatable bonds is 4. The summed E-state index contributed by atoms with van der Waals surface area (Å²) >= 11 is 0. The molecule has 132 valence electrons. The van der Waals surface area contributed by atoms with Crippen LogP contribution in [0.4, 0.5) is 10.5 Å². The molecule has 1 saturated heterocycles. The molecular formula is C21H21N3O2. The maximum absolute atomic E-state index is 12.2. The number of aryl methyl sites for hydroxylation is 1. The first kappa shape index (κ1) is 16.4. The number of carbonyl (C=O) groups excluding carboxylic acids is 2. The second kappa shape index (κ2) is 6.33. The molecule has 0 bridgehead atoms. The van der Waals surface area contributed by atoms with Gasteiger partial charge in [-0.15, -0.1) is 0 Å². The van der Waals surface area contributed by atoms with E-state index in [0.717, 1.165) is 29.7 Å². The lowest BCUT2D eigenvalue weighted by atomic mass is 9.94. The van der Waals surface area contributed by atoms with E-state index in [1.54, 1.807) is 0 Å². The summed E-state index contributed by atoms with van der Waals surface area (Å²) in [7, 11) is 0. The van der Waals surface area contributed by atoms with Gasteiger partial charge in [0.15, 0.2) is 0 Å². The largest absolute Gasteiger partial charge is 0.326 e. The van der Waals surface area contributed by atoms with Gasteiger partial charge in [-0.25, -0.2) is 4.79 Å². The van der Waals surface area contributed by atoms with Crippen LogP contribution in [0.25, 0.3) is 0 Å². The van der Waals surface area contributed by atoms with Crippen LogP contribution in [-0.2, 0) is 24.1 Å². The van der Waals surface area contributed by atoms with Gasteiger partial charge in [0.25, 0.3) is 0 Å². The van der Waals surface area contributed by atoms with Crippen LogP contribution in [0.15, 0.2) is 60.8 Å². The zero-order valence-electron chi connectivity index (χ0n) is 14.5. The molecule has 1 fully saturated rings. The van der Waals surface area contributed by atoms with E-state index >= 15 is 0 Å². The van der Waals surface area contributed by atoms with Crippen LogP contribution >= 0.6 is 0 Å². The number of anilines is 1. The molecule has 1 heterocycles. The number of fused-ring (bicyclic) bond motifs is 1. The lowest BCUT2D eigenvalue weighted by molar-refractivity contribution is -0.116. The van der Waals surface area contributed by atoms with E-state index in [1.165, 1.54) is 5.56 Å². The summed E-state index contributed by atoms with van der Waals surface area (Å²) in [5.41, 5.74) is 4.54. The summed E-state index contributed by atoms with van der Waals surface area (Å²) in [6.07, 6.45) is 2.58. The van der Waals surface area contributed by atoms with Gasteiger partial charge < -0.3 is 16.0 Å². The second-order valence-electron chi connectivity index (χ2n) is 7.01. The molecule has 3 N–H and O–H groups in total. The Morgan fingerprint density at radius 2 is 1.88 bits per heavy atom. The van der Waals surface area contributed by atoms with E-state index in [0.29, 0.717) is 18.5 Å². The average molecular weight is 347 g/mol. The van der Waals surface area contributed by atoms with E-state index < -0.39 is 5.54 Å². The zero-order valence-corrected chi connectivity index (χ0v) is 14.5. The smallest absolute Gasteiger partial charge is 0.319 e. The SMILES string of the molecule is C=C1NC(=O)NC12Cc1ccc(NC(=O)CCc3ccccc3)cc1C2. The number of hydrogen-bond donors (Lipinski definition) is 3. The fourth-order valence-corrected chi connectivity index (χ4v) is 3.76. The molecule has 5 nitrogen and oxygen atoms in total. The molecule has 5 heteroatoms. The van der Waals surface area contributed by atoms with Crippen LogP contribution < -0.4 is 16.0 Å². The predicted molar refractivity (Wildman–Crippen MR) is 101 cm³/mol. The Morgan fingerprint density at radius 3 is 2.62 bits per heavy atom. The molecule has 1 aliphatic heterocycles. The highest BCUT2D eigenvalue weighted by molar-refractivity contribution is 5.91. The van der Waals surface area contributed by atoms with Crippen LogP contribution in [-0.4, -0.2) is 17.5 Å². The van der Waals surface area contributed by atoms with Crippen LogP contribution in [0.2, 0.25) is 0 Å². The Bertz CT molecular complexity index is 891. The van der Waals surface area contributed by atoms with Crippen molar-refractivity contribution in [2.24, 2.45) is 0 Å². The maximum Gasteiger partial charge on any atom is 0.319 e. The Morgan fingerprint density at radius 1 is 1.12 bits per heavy atom. The Kier molecular flexibility index (Phi) is 3.99. The van der Waals surface area contributed by atoms with E-state index in [9.17, 15) is 9.59 Å². The first-order valence-corrected chi connectivity index (χ1v) is 8.78. The standard InChI is InChI=1S/C21H21N3O2/c1-14-21(24-20(26)22-14)12-16-8-9-18(11-17(16)13-21)23-19(25)10-7-15-5-3-2-4-6-15/h2-6,8-9,11H,1,7,10,12-13H2,(H,23,25)(H2,22,24,26). The highest BCUT2D eigenvalue weighted by Gasteiger charge is 2.45. The number of nitrogens with one attached hydrogen (secondary N) is 3. The predicted octanol–water partition coefficient (Wildman–Crippen LogP) is 2.92. The number of carbonyl (C=O) groups is 2. The molecular weight excluding hydrogens is 326 g/mol. The average Bonchev–Trinajstić information content (AvgIpc) is 3.12. The number of benzene rings is 2. The number of urea groups is 1. The minimum atomic E-state index is -0.435. The summed E-state index contributed by atoms with van der Waals surface area (Å²) in [4.78, 5) is 23.9. The van der Waals surface area contributed by atoms with E-state index in [-0.39, 0.29) is 11.9 Å². The van der Waals surface area contributed by atoms with Gasteiger partial charge in [-0.05, 0) is 35.2 Å². The van der Waals surface area contributed by atoms with Crippen molar-refractivity contribution < 1.29 is 9.59 Å². The van der Waals surface area contributed by atoms with Crippen molar-refractivity contribution in [3.8, 4) is 0 Å². The molecule has 1 unspecified atom stereocenters. The Balaban J connectivity index is 1.41. The third-order valence-electron chi connectivity index (χ3n) is 5.15. The van der Waals surface area contributed by atoms with Gasteiger partial charge in [0.05, 0.1) is 5.54 Å². The normalized spacial score (nSPS) is 20.6. The van der Waals surface area contributed by atoms with Gasteiger partial charge in [-0.1, -0.05) is 43.0 Å². The molecule has 1 spiro atoms. The molecule has 1 atom stereocenters. The monoisotopic (exact) mass is 347 g/mol. The van der Waals surface area contributed by atoms with Crippen molar-refractivity contribution >= 4 is 17.6 Å². The molecule has 26 heavy (non-hydrogen) atoms. The van der Waals surface area contributed by atoms with Crippen molar-refractivity contribution in [3.05, 3.63) is 77.5 Å². The Hall–Kier alpha value is -3.08. The number of amides is 3. The van der Waals surface area contributed by atoms with Crippen molar-refractivity contribution in [1.82, 2.24) is 10.6 Å². The summed E-state index contributed by atoms with van der Waals surface area (Å²) in [5.74, 6) is 0.00163. The van der Waals surface area contributed by atoms with Crippen LogP contribution in [0.3, 0.4) is 0 Å². The van der Waals surface area contributed by atoms with Gasteiger partial charge in [-0.2, -0.15) is 0 Å². The second-order valence-corrected chi connectivity index (χ2v) is 7.01. The lowest BCUT2D eigenvalue weighted by Gasteiger charge is -2.22. The molecule has 0 aromatic heterocycles. The van der Waals surface area contributed by atoms with E-state index in [4.69, 9.17) is 0 Å². The summed E-state index contributed by atoms with van der Waals surface area (Å²) < 4.78 is 0. The van der Waals surface area contributed by atoms with Crippen molar-refractivity contribution in [2.45, 2.75) is 31.2 Å². The summed E-state index contributed by atoms with van der Waals surface area (Å²) in [6, 6.07) is 15.7. The van der Waals surface area contributed by atoms with Crippen LogP contribution in [0.5, 0.6) is 0 Å². The first-order chi connectivity index (χ1) is 12.5. The zero-order chi connectivity index (χ0) is 18.1. The third kappa shape index (κ3) is 3.08. The fourth-order valence-electron chi connectivity index (χ4n) is 3.76. The van der Waals surface area contributed by atoms with Crippen LogP contribution in [0, 0.1) is 0 Å². The molecule has 3 amide bonds. The van der Waals surface area contributed by atoms with Gasteiger partial charge in [-0.3, -0.25) is 4.79 Å². The highest BCUT2D eigenvalue weighted by Crippen LogP contribution is 2.37. The van der Waals surface area contributed by atoms with Gasteiger partial charge in [0, 0.05) is 30.6 Å². The van der Waals surface area contributed by atoms with E-state index in [1.807, 2.05) is 48.5 Å². The molecule has 2 aromatic rings. The van der Waals surface area contributed by atoms with Crippen molar-refractivity contribution in [1.29, 1.82) is 0 Å². The molecule has 2 aliphatic rings. The molecule has 2 aromatic carbocycles. The van der Waals surface area contributed by atoms with Crippen molar-refractivity contribution in [2.75, 3.05) is 5.32 Å².